The van der Waals surface area contributed by atoms with Crippen LogP contribution in [0.2, 0.25) is 19.6 Å². The molecule has 50 heavy (non-hydrogen) atoms. The summed E-state index contributed by atoms with van der Waals surface area (Å²) in [6, 6.07) is 41.8. The van der Waals surface area contributed by atoms with E-state index >= 15 is 0 Å². The van der Waals surface area contributed by atoms with E-state index in [0.29, 0.717) is 0 Å². The molecule has 0 spiro atoms. The molecule has 0 saturated carbocycles. The Hall–Kier alpha value is -4.15. The zero-order valence-corrected chi connectivity index (χ0v) is 33.7. The van der Waals surface area contributed by atoms with Gasteiger partial charge < -0.3 is 14.4 Å². The summed E-state index contributed by atoms with van der Waals surface area (Å²) in [7, 11) is -1.50. The third-order valence-corrected chi connectivity index (χ3v) is 10.6. The van der Waals surface area contributed by atoms with Crippen LogP contribution in [0.4, 0.5) is 0 Å². The van der Waals surface area contributed by atoms with E-state index < -0.39 is 14.0 Å². The Kier molecular flexibility index (Phi) is 11.0. The molecule has 5 heteroatoms. The van der Waals surface area contributed by atoms with E-state index in [9.17, 15) is 0 Å². The number of pyridine rings is 2. The fraction of sp³-hybridized carbons (Fsp3) is 0.244. The predicted molar refractivity (Wildman–Crippen MR) is 210 cm³/mol. The van der Waals surface area contributed by atoms with Crippen molar-refractivity contribution < 1.29 is 25.9 Å². The molecule has 0 saturated heterocycles. The molecule has 0 aliphatic heterocycles. The number of hydrogen-bond donors (Lipinski definition) is 0. The summed E-state index contributed by atoms with van der Waals surface area (Å²) in [5.41, 5.74) is 10.4. The molecule has 3 aromatic heterocycles. The SMILES string of the molecule is CC(C)(C)Cc1ccnc(-c2[c-]c3oc4cccc(-c5ccccc5)c4c3cc2)c1.[2H]C(C)(C)c1cc(-c2[c-]cccc2)ncc1[Si](C)(C)C.[Ir]. The van der Waals surface area contributed by atoms with Crippen LogP contribution in [0.25, 0.3) is 55.6 Å². The molecule has 257 valence electrons. The molecule has 0 aliphatic rings. The van der Waals surface area contributed by atoms with Gasteiger partial charge in [-0.3, -0.25) is 0 Å². The van der Waals surface area contributed by atoms with Crippen LogP contribution in [-0.2, 0) is 26.5 Å². The smallest absolute Gasteiger partial charge is 0.124 e. The van der Waals surface area contributed by atoms with Crippen molar-refractivity contribution in [3.63, 3.8) is 0 Å². The van der Waals surface area contributed by atoms with Crippen LogP contribution in [0.1, 0.15) is 53.0 Å². The molecule has 0 unspecified atom stereocenters. The van der Waals surface area contributed by atoms with Gasteiger partial charge in [-0.2, -0.15) is 0 Å². The zero-order valence-electron chi connectivity index (χ0n) is 31.3. The van der Waals surface area contributed by atoms with Gasteiger partial charge in [-0.1, -0.05) is 131 Å². The minimum atomic E-state index is -1.50. The maximum Gasteiger partial charge on any atom is 0.124 e. The molecule has 0 aliphatic carbocycles. The van der Waals surface area contributed by atoms with Crippen molar-refractivity contribution in [3.8, 4) is 33.6 Å². The van der Waals surface area contributed by atoms with Crippen molar-refractivity contribution in [1.82, 2.24) is 9.97 Å². The summed E-state index contributed by atoms with van der Waals surface area (Å²) in [6.45, 7) is 17.6. The van der Waals surface area contributed by atoms with Crippen LogP contribution in [0.15, 0.2) is 120 Å². The first-order valence-electron chi connectivity index (χ1n) is 17.5. The Labute approximate surface area is 314 Å². The van der Waals surface area contributed by atoms with E-state index in [2.05, 4.69) is 123 Å². The second kappa shape index (κ2) is 15.4. The molecule has 3 heterocycles. The first kappa shape index (κ1) is 35.7. The molecule has 0 atom stereocenters. The molecule has 1 radical (unpaired) electrons. The maximum atomic E-state index is 8.44. The van der Waals surface area contributed by atoms with Crippen molar-refractivity contribution in [2.24, 2.45) is 5.41 Å². The molecular formula is C45H46IrN2OSi-2. The molecule has 0 amide bonds. The number of rotatable bonds is 6. The number of aromatic nitrogens is 2. The third-order valence-electron chi connectivity index (χ3n) is 8.57. The number of nitrogens with zero attached hydrogens (tertiary/aromatic N) is 2. The van der Waals surface area contributed by atoms with Crippen LogP contribution < -0.4 is 5.19 Å². The van der Waals surface area contributed by atoms with Crippen molar-refractivity contribution >= 4 is 35.2 Å². The topological polar surface area (TPSA) is 38.9 Å². The number of furan rings is 1. The van der Waals surface area contributed by atoms with Gasteiger partial charge in [0.2, 0.25) is 0 Å². The zero-order chi connectivity index (χ0) is 35.7. The molecular weight excluding hydrogens is 805 g/mol. The van der Waals surface area contributed by atoms with Gasteiger partial charge in [0.05, 0.1) is 13.7 Å². The second-order valence-corrected chi connectivity index (χ2v) is 20.2. The van der Waals surface area contributed by atoms with Gasteiger partial charge in [0, 0.05) is 33.9 Å². The summed E-state index contributed by atoms with van der Waals surface area (Å²) in [5, 5.41) is 3.49. The predicted octanol–water partition coefficient (Wildman–Crippen LogP) is 11.9. The summed E-state index contributed by atoms with van der Waals surface area (Å²) in [6.07, 6.45) is 4.88. The van der Waals surface area contributed by atoms with E-state index in [4.69, 9.17) is 5.79 Å². The third kappa shape index (κ3) is 8.58. The molecule has 7 rings (SSSR count). The summed E-state index contributed by atoms with van der Waals surface area (Å²) >= 11 is 0. The van der Waals surface area contributed by atoms with Crippen LogP contribution in [0.5, 0.6) is 0 Å². The Bertz CT molecular complexity index is 2250. The summed E-state index contributed by atoms with van der Waals surface area (Å²) in [5.74, 6) is -0.609. The average molecular weight is 852 g/mol. The number of benzene rings is 4. The number of hydrogen-bond acceptors (Lipinski definition) is 3. The Morgan fingerprint density at radius 2 is 1.56 bits per heavy atom. The van der Waals surface area contributed by atoms with E-state index in [0.717, 1.165) is 56.4 Å². The van der Waals surface area contributed by atoms with Crippen LogP contribution in [0.3, 0.4) is 0 Å². The van der Waals surface area contributed by atoms with E-state index in [-0.39, 0.29) is 25.5 Å². The van der Waals surface area contributed by atoms with Gasteiger partial charge in [0.1, 0.15) is 5.58 Å². The fourth-order valence-electron chi connectivity index (χ4n) is 6.27. The Morgan fingerprint density at radius 3 is 2.24 bits per heavy atom. The first-order valence-corrected chi connectivity index (χ1v) is 20.5. The standard InChI is InChI=1S/C28H24NO.C17H22NSi.Ir/c1-28(2,3)18-19-14-15-29-24(16-19)21-12-13-23-26(17-21)30-25-11-7-10-22(27(23)25)20-8-5-4-6-9-20;1-13(2)15-11-16(14-9-7-6-8-10-14)18-12-17(15)19(3,4)5;/h4-16H,18H2,1-3H3;6-9,11-13H,1-5H3;/q2*-1;/i;13D;. The Balaban J connectivity index is 0.000000211. The molecule has 3 nitrogen and oxygen atoms in total. The molecule has 0 N–H and O–H groups in total. The van der Waals surface area contributed by atoms with Crippen LogP contribution in [0, 0.1) is 17.5 Å². The average Bonchev–Trinajstić information content (AvgIpc) is 3.46. The normalized spacial score (nSPS) is 12.2. The largest absolute Gasteiger partial charge is 0.477 e. The molecule has 7 aromatic rings. The van der Waals surface area contributed by atoms with Crippen molar-refractivity contribution in [3.05, 3.63) is 139 Å². The first-order chi connectivity index (χ1) is 23.7. The molecule has 0 bridgehead atoms. The minimum absolute atomic E-state index is 0. The summed E-state index contributed by atoms with van der Waals surface area (Å²) < 4.78 is 14.6. The monoisotopic (exact) mass is 852 g/mol. The van der Waals surface area contributed by atoms with E-state index in [1.54, 1.807) is 0 Å². The van der Waals surface area contributed by atoms with E-state index in [1.165, 1.54) is 21.9 Å². The fourth-order valence-corrected chi connectivity index (χ4v) is 7.86. The van der Waals surface area contributed by atoms with Gasteiger partial charge in [0.15, 0.2) is 0 Å². The van der Waals surface area contributed by atoms with Gasteiger partial charge in [0.25, 0.3) is 0 Å². The second-order valence-electron chi connectivity index (χ2n) is 15.2. The maximum absolute atomic E-state index is 8.44. The van der Waals surface area contributed by atoms with Crippen molar-refractivity contribution in [2.45, 2.75) is 66.6 Å². The van der Waals surface area contributed by atoms with Gasteiger partial charge in [-0.25, -0.2) is 0 Å². The Morgan fingerprint density at radius 1 is 0.820 bits per heavy atom. The van der Waals surface area contributed by atoms with Gasteiger partial charge in [-0.15, -0.1) is 53.6 Å². The van der Waals surface area contributed by atoms with Gasteiger partial charge in [-0.05, 0) is 63.0 Å². The van der Waals surface area contributed by atoms with Crippen LogP contribution in [-0.4, -0.2) is 18.0 Å². The van der Waals surface area contributed by atoms with Crippen molar-refractivity contribution in [1.29, 1.82) is 0 Å². The number of fused-ring (bicyclic) bond motifs is 3. The van der Waals surface area contributed by atoms with E-state index in [1.807, 2.05) is 68.7 Å². The van der Waals surface area contributed by atoms with Crippen molar-refractivity contribution in [2.75, 3.05) is 0 Å². The summed E-state index contributed by atoms with van der Waals surface area (Å²) in [4.78, 5) is 9.20. The molecule has 4 aromatic carbocycles. The minimum Gasteiger partial charge on any atom is -0.477 e. The molecule has 0 fully saturated rings. The van der Waals surface area contributed by atoms with Crippen LogP contribution >= 0.6 is 0 Å². The quantitative estimate of drug-likeness (QED) is 0.124. The van der Waals surface area contributed by atoms with Gasteiger partial charge >= 0.3 is 0 Å².